The van der Waals surface area contributed by atoms with Crippen molar-refractivity contribution in [3.05, 3.63) is 12.3 Å². The van der Waals surface area contributed by atoms with E-state index in [4.69, 9.17) is 4.74 Å². The minimum absolute atomic E-state index is 0.192. The van der Waals surface area contributed by atoms with Gasteiger partial charge in [0.1, 0.15) is 11.0 Å². The molecule has 1 aliphatic heterocycles. The van der Waals surface area contributed by atoms with E-state index in [1.807, 2.05) is 13.8 Å². The summed E-state index contributed by atoms with van der Waals surface area (Å²) in [6, 6.07) is 0. The Morgan fingerprint density at radius 2 is 2.18 bits per heavy atom. The van der Waals surface area contributed by atoms with Crippen molar-refractivity contribution in [1.82, 2.24) is 0 Å². The second-order valence-corrected chi connectivity index (χ2v) is 3.68. The third-order valence-corrected chi connectivity index (χ3v) is 2.29. The molecule has 0 aromatic rings. The Morgan fingerprint density at radius 3 is 2.55 bits per heavy atom. The van der Waals surface area contributed by atoms with Gasteiger partial charge in [0.05, 0.1) is 6.26 Å². The van der Waals surface area contributed by atoms with Crippen LogP contribution in [0, 0.1) is 5.92 Å². The van der Waals surface area contributed by atoms with Crippen LogP contribution in [-0.4, -0.2) is 19.4 Å². The molecule has 1 atom stereocenters. The Labute approximate surface area is 67.2 Å². The second-order valence-electron chi connectivity index (χ2n) is 2.74. The summed E-state index contributed by atoms with van der Waals surface area (Å²) in [6.07, 6.45) is 2.64. The van der Waals surface area contributed by atoms with Crippen molar-refractivity contribution in [3.63, 3.8) is 0 Å². The molecular weight excluding hydrogens is 164 g/mol. The van der Waals surface area contributed by atoms with Gasteiger partial charge in [-0.2, -0.15) is 8.42 Å². The van der Waals surface area contributed by atoms with Crippen molar-refractivity contribution >= 4 is 15.2 Å². The van der Waals surface area contributed by atoms with Crippen molar-refractivity contribution in [3.8, 4) is 0 Å². The maximum absolute atomic E-state index is 10.5. The highest BCUT2D eigenvalue weighted by molar-refractivity contribution is 7.73. The first-order chi connectivity index (χ1) is 5.13. The molecule has 1 unspecified atom stereocenters. The quantitative estimate of drug-likeness (QED) is 0.547. The fourth-order valence-electron chi connectivity index (χ4n) is 0.989. The van der Waals surface area contributed by atoms with Crippen LogP contribution in [0.25, 0.3) is 0 Å². The summed E-state index contributed by atoms with van der Waals surface area (Å²) in [7, 11) is -2.14. The van der Waals surface area contributed by atoms with E-state index >= 15 is 0 Å². The Balaban J connectivity index is 2.99. The lowest BCUT2D eigenvalue weighted by Crippen LogP contribution is -2.23. The van der Waals surface area contributed by atoms with Gasteiger partial charge in [-0.1, -0.05) is 13.8 Å². The molecule has 4 heteroatoms. The van der Waals surface area contributed by atoms with Crippen molar-refractivity contribution in [2.24, 2.45) is 5.92 Å². The molecule has 0 aromatic heterocycles. The minimum atomic E-state index is -2.14. The molecule has 3 nitrogen and oxygen atoms in total. The van der Waals surface area contributed by atoms with E-state index in [1.54, 1.807) is 0 Å². The average molecular weight is 174 g/mol. The first kappa shape index (κ1) is 8.33. The molecule has 0 aromatic carbocycles. The van der Waals surface area contributed by atoms with Gasteiger partial charge in [0.2, 0.25) is 10.3 Å². The summed E-state index contributed by atoms with van der Waals surface area (Å²) in [5.41, 5.74) is 0. The highest BCUT2D eigenvalue weighted by Crippen LogP contribution is 2.14. The molecule has 0 aliphatic carbocycles. The number of rotatable bonds is 1. The zero-order valence-electron chi connectivity index (χ0n) is 6.44. The largest absolute Gasteiger partial charge is 0.492 e. The first-order valence-electron chi connectivity index (χ1n) is 3.41. The summed E-state index contributed by atoms with van der Waals surface area (Å²) < 4.78 is 26.2. The highest BCUT2D eigenvalue weighted by Gasteiger charge is 2.23. The Kier molecular flexibility index (Phi) is 2.34. The van der Waals surface area contributed by atoms with Crippen LogP contribution in [0.5, 0.6) is 0 Å². The molecule has 0 amide bonds. The molecule has 1 aliphatic rings. The zero-order valence-corrected chi connectivity index (χ0v) is 7.26. The fourth-order valence-corrected chi connectivity index (χ4v) is 1.67. The molecular formula is C7H10O3S. The van der Waals surface area contributed by atoms with E-state index in [1.165, 1.54) is 12.3 Å². The summed E-state index contributed by atoms with van der Waals surface area (Å²) >= 11 is 0. The predicted molar refractivity (Wildman–Crippen MR) is 42.8 cm³/mol. The molecule has 1 heterocycles. The lowest BCUT2D eigenvalue weighted by atomic mass is 10.1. The first-order valence-corrected chi connectivity index (χ1v) is 4.48. The van der Waals surface area contributed by atoms with Crippen molar-refractivity contribution in [2.45, 2.75) is 20.0 Å². The summed E-state index contributed by atoms with van der Waals surface area (Å²) in [5, 5.41) is 0. The SMILES string of the molecule is CC(C)C1OC=CC1=S(=O)=O. The van der Waals surface area contributed by atoms with Gasteiger partial charge in [-0.15, -0.1) is 0 Å². The van der Waals surface area contributed by atoms with Gasteiger partial charge >= 0.3 is 0 Å². The van der Waals surface area contributed by atoms with Crippen LogP contribution in [0.1, 0.15) is 13.8 Å². The Hall–Kier alpha value is -0.770. The van der Waals surface area contributed by atoms with E-state index in [9.17, 15) is 8.42 Å². The number of hydrogen-bond donors (Lipinski definition) is 0. The molecule has 0 radical (unpaired) electrons. The molecule has 0 spiro atoms. The van der Waals surface area contributed by atoms with Crippen molar-refractivity contribution in [2.75, 3.05) is 0 Å². The zero-order chi connectivity index (χ0) is 8.43. The van der Waals surface area contributed by atoms with Crippen LogP contribution in [0.2, 0.25) is 0 Å². The molecule has 0 saturated carbocycles. The van der Waals surface area contributed by atoms with Gasteiger partial charge in [0.25, 0.3) is 0 Å². The number of hydrogen-bond acceptors (Lipinski definition) is 3. The smallest absolute Gasteiger partial charge is 0.221 e. The molecule has 62 valence electrons. The lowest BCUT2D eigenvalue weighted by Gasteiger charge is -2.12. The lowest BCUT2D eigenvalue weighted by molar-refractivity contribution is 0.173. The molecule has 1 rings (SSSR count). The standard InChI is InChI=1S/C7H10O3S/c1-5(2)7-6(11(8)9)3-4-10-7/h3-5,7H,1-2H3. The highest BCUT2D eigenvalue weighted by atomic mass is 32.2. The molecule has 0 bridgehead atoms. The van der Waals surface area contributed by atoms with Gasteiger partial charge in [-0.25, -0.2) is 0 Å². The van der Waals surface area contributed by atoms with Gasteiger partial charge in [-0.05, 0) is 12.0 Å². The third kappa shape index (κ3) is 1.63. The molecule has 0 N–H and O–H groups in total. The Morgan fingerprint density at radius 1 is 1.55 bits per heavy atom. The number of ether oxygens (including phenoxy) is 1. The van der Waals surface area contributed by atoms with E-state index in [-0.39, 0.29) is 12.0 Å². The van der Waals surface area contributed by atoms with Crippen LogP contribution < -0.4 is 0 Å². The topological polar surface area (TPSA) is 43.4 Å². The average Bonchev–Trinajstić information content (AvgIpc) is 2.32. The maximum Gasteiger partial charge on any atom is 0.221 e. The van der Waals surface area contributed by atoms with Crippen LogP contribution in [0.3, 0.4) is 0 Å². The third-order valence-electron chi connectivity index (χ3n) is 1.54. The fraction of sp³-hybridized carbons (Fsp3) is 0.571. The van der Waals surface area contributed by atoms with Crippen LogP contribution >= 0.6 is 0 Å². The van der Waals surface area contributed by atoms with E-state index < -0.39 is 10.3 Å². The van der Waals surface area contributed by atoms with Crippen molar-refractivity contribution in [1.29, 1.82) is 0 Å². The second kappa shape index (κ2) is 3.09. The van der Waals surface area contributed by atoms with Crippen LogP contribution in [0.4, 0.5) is 0 Å². The van der Waals surface area contributed by atoms with E-state index in [2.05, 4.69) is 0 Å². The van der Waals surface area contributed by atoms with Gasteiger partial charge in [0, 0.05) is 0 Å². The van der Waals surface area contributed by atoms with Gasteiger partial charge < -0.3 is 4.74 Å². The predicted octanol–water partition coefficient (Wildman–Crippen LogP) is 0.606. The summed E-state index contributed by atoms with van der Waals surface area (Å²) in [6.45, 7) is 3.84. The normalized spacial score (nSPS) is 22.5. The maximum atomic E-state index is 10.5. The molecule has 0 saturated heterocycles. The van der Waals surface area contributed by atoms with Gasteiger partial charge in [0.15, 0.2) is 0 Å². The van der Waals surface area contributed by atoms with Gasteiger partial charge in [-0.3, -0.25) is 0 Å². The minimum Gasteiger partial charge on any atom is -0.492 e. The van der Waals surface area contributed by atoms with Crippen molar-refractivity contribution < 1.29 is 13.2 Å². The van der Waals surface area contributed by atoms with Crippen LogP contribution in [-0.2, 0) is 15.0 Å². The van der Waals surface area contributed by atoms with E-state index in [0.717, 1.165) is 0 Å². The Bertz CT molecular complexity index is 290. The van der Waals surface area contributed by atoms with E-state index in [0.29, 0.717) is 4.86 Å². The summed E-state index contributed by atoms with van der Waals surface area (Å²) in [4.78, 5) is 0.347. The monoisotopic (exact) mass is 174 g/mol. The molecule has 0 fully saturated rings. The molecule has 11 heavy (non-hydrogen) atoms. The summed E-state index contributed by atoms with van der Waals surface area (Å²) in [5.74, 6) is 0.192. The van der Waals surface area contributed by atoms with Crippen LogP contribution in [0.15, 0.2) is 12.3 Å².